The maximum atomic E-state index is 0. The Morgan fingerprint density at radius 2 is 0.375 bits per heavy atom. The summed E-state index contributed by atoms with van der Waals surface area (Å²) in [6.45, 7) is 0. The van der Waals surface area contributed by atoms with Gasteiger partial charge in [-0.2, -0.15) is 0 Å². The molecule has 0 aliphatic heterocycles. The van der Waals surface area contributed by atoms with E-state index in [2.05, 4.69) is 0 Å². The minimum Gasteiger partial charge on any atom is -0.813 e. The van der Waals surface area contributed by atoms with E-state index in [-0.39, 0.29) is 122 Å². The van der Waals surface area contributed by atoms with Gasteiger partial charge < -0.3 is 54.0 Å². The molecule has 0 radical (unpaired) electrons. The molecule has 0 bridgehead atoms. The fourth-order valence-corrected chi connectivity index (χ4v) is 0. The average molecular weight is 359 g/mol. The second-order valence-electron chi connectivity index (χ2n) is 0. The van der Waals surface area contributed by atoms with Gasteiger partial charge in [-0.25, -0.2) is 0 Å². The van der Waals surface area contributed by atoms with Crippen LogP contribution >= 0.6 is 0 Å². The minimum absolute atomic E-state index is 0. The van der Waals surface area contributed by atoms with E-state index >= 15 is 0 Å². The van der Waals surface area contributed by atoms with Gasteiger partial charge in [0.1, 0.15) is 0 Å². The van der Waals surface area contributed by atoms with Crippen LogP contribution in [0, 0.1) is 0 Å². The number of hydrogen-bond acceptors (Lipinski definition) is 4. The van der Waals surface area contributed by atoms with Gasteiger partial charge in [-0.1, -0.05) is 0 Å². The third kappa shape index (κ3) is 56.7. The van der Waals surface area contributed by atoms with Gasteiger partial charge in [-0.3, -0.25) is 0 Å². The van der Waals surface area contributed by atoms with Gasteiger partial charge in [0.05, 0.1) is 0 Å². The van der Waals surface area contributed by atoms with Gasteiger partial charge in [0.25, 0.3) is 0 Å². The Kier molecular flexibility index (Phi) is 1030. The molecule has 0 rings (SSSR count). The first-order valence-corrected chi connectivity index (χ1v) is 0. The molecule has 0 atom stereocenters. The van der Waals surface area contributed by atoms with Crippen LogP contribution in [0.5, 0.6) is 0 Å². The smallest absolute Gasteiger partial charge is 0 e. The monoisotopic (exact) mass is 358 g/mol. The molecule has 0 saturated carbocycles. The Balaban J connectivity index is 0. The molecule has 0 spiro atoms. The molecular weight excluding hydrogens is 354 g/mol. The van der Waals surface area contributed by atoms with Crippen molar-refractivity contribution in [2.24, 2.45) is 0 Å². The number of hydrogen-bond donors (Lipinski definition) is 0. The summed E-state index contributed by atoms with van der Waals surface area (Å²) in [5, 5.41) is 0. The number of thiol groups is 4. The Morgan fingerprint density at radius 1 is 0.375 bits per heavy atom. The molecule has 0 amide bonds. The van der Waals surface area contributed by atoms with Crippen LogP contribution in [-0.2, 0) is 122 Å². The Bertz CT molecular complexity index is 11.2. The van der Waals surface area contributed by atoms with Crippen molar-refractivity contribution >= 4 is 54.0 Å². The zero-order valence-electron chi connectivity index (χ0n) is 3.17. The molecule has 0 N–H and O–H groups in total. The zero-order chi connectivity index (χ0) is 0. The Labute approximate surface area is 120 Å². The third-order valence-electron chi connectivity index (χ3n) is 0. The van der Waals surface area contributed by atoms with Crippen LogP contribution in [0.3, 0.4) is 0 Å². The molecule has 0 fully saturated rings. The predicted molar refractivity (Wildman–Crippen MR) is 35.0 cm³/mol. The van der Waals surface area contributed by atoms with E-state index in [9.17, 15) is 0 Å². The van der Waals surface area contributed by atoms with Gasteiger partial charge in [0.2, 0.25) is 0 Å². The van der Waals surface area contributed by atoms with Gasteiger partial charge >= 0.3 is 0 Å². The van der Waals surface area contributed by atoms with E-state index in [1.165, 1.54) is 0 Å². The molecule has 0 aromatic carbocycles. The van der Waals surface area contributed by atoms with E-state index in [0.29, 0.717) is 0 Å². The Morgan fingerprint density at radius 3 is 0.375 bits per heavy atom. The van der Waals surface area contributed by atoms with Crippen molar-refractivity contribution in [3.63, 3.8) is 0 Å². The Hall–Kier alpha value is 3.45. The van der Waals surface area contributed by atoms with Crippen molar-refractivity contribution in [1.29, 1.82) is 0 Å². The molecule has 0 nitrogen and oxygen atoms in total. The summed E-state index contributed by atoms with van der Waals surface area (Å²) in [5.74, 6) is 0. The fourth-order valence-electron chi connectivity index (χ4n) is 0. The maximum Gasteiger partial charge on any atom is 0 e. The standard InChI is InChI=1S/3Fe.Ni.4H2S/h;;;;4*1H2/p-4. The fraction of sp³-hybridized carbons (Fsp3) is 0. The van der Waals surface area contributed by atoms with Crippen LogP contribution in [0.25, 0.3) is 0 Å². The molecule has 0 heterocycles. The van der Waals surface area contributed by atoms with Crippen molar-refractivity contribution in [3.05, 3.63) is 0 Å². The first-order valence-electron chi connectivity index (χ1n) is 0. The number of rotatable bonds is 0. The molecule has 0 unspecified atom stereocenters. The molecule has 8 heavy (non-hydrogen) atoms. The second kappa shape index (κ2) is 78.4. The van der Waals surface area contributed by atoms with Crippen LogP contribution in [0.2, 0.25) is 0 Å². The largest absolute Gasteiger partial charge is 0.813 e. The predicted octanol–water partition coefficient (Wildman–Crippen LogP) is -1.09. The first kappa shape index (κ1) is 105. The van der Waals surface area contributed by atoms with Crippen molar-refractivity contribution < 1.29 is 67.7 Å². The van der Waals surface area contributed by atoms with Gasteiger partial charge in [-0.15, -0.1) is 0 Å². The summed E-state index contributed by atoms with van der Waals surface area (Å²) in [7, 11) is 0. The van der Waals surface area contributed by atoms with Crippen molar-refractivity contribution in [2.75, 3.05) is 0 Å². The topological polar surface area (TPSA) is 0 Å². The van der Waals surface area contributed by atoms with Crippen molar-refractivity contribution in [1.82, 2.24) is 0 Å². The SMILES string of the molecule is [Fe].[Fe].[Fe].[Ni].[SH-].[SH-].[SH-].[SH-]. The molecule has 0 aromatic rings. The molecular formula is H4Fe3NiS4-4. The summed E-state index contributed by atoms with van der Waals surface area (Å²) in [6.07, 6.45) is 0. The summed E-state index contributed by atoms with van der Waals surface area (Å²) in [4.78, 5) is 0. The van der Waals surface area contributed by atoms with E-state index in [1.807, 2.05) is 0 Å². The minimum atomic E-state index is 0. The average Bonchev–Trinajstić information content (AvgIpc) is 0. The quantitative estimate of drug-likeness (QED) is 0.306. The van der Waals surface area contributed by atoms with Crippen molar-refractivity contribution in [2.45, 2.75) is 0 Å². The zero-order valence-corrected chi connectivity index (χ0v) is 11.0. The van der Waals surface area contributed by atoms with E-state index in [4.69, 9.17) is 0 Å². The first-order chi connectivity index (χ1) is 0. The van der Waals surface area contributed by atoms with Gasteiger partial charge in [0.15, 0.2) is 0 Å². The van der Waals surface area contributed by atoms with Crippen LogP contribution < -0.4 is 0 Å². The molecule has 0 aliphatic rings. The van der Waals surface area contributed by atoms with Gasteiger partial charge in [0, 0.05) is 67.7 Å². The molecule has 0 aliphatic carbocycles. The van der Waals surface area contributed by atoms with Crippen molar-refractivity contribution in [3.8, 4) is 0 Å². The summed E-state index contributed by atoms with van der Waals surface area (Å²) in [5.41, 5.74) is 0. The maximum absolute atomic E-state index is 0. The van der Waals surface area contributed by atoms with E-state index in [1.54, 1.807) is 0 Å². The van der Waals surface area contributed by atoms with Crippen LogP contribution in [-0.4, -0.2) is 0 Å². The molecule has 0 saturated heterocycles. The third-order valence-corrected chi connectivity index (χ3v) is 0. The van der Waals surface area contributed by atoms with Gasteiger partial charge in [-0.05, 0) is 0 Å². The van der Waals surface area contributed by atoms with Crippen LogP contribution in [0.1, 0.15) is 0 Å². The molecule has 66 valence electrons. The molecule has 8 heteroatoms. The van der Waals surface area contributed by atoms with E-state index < -0.39 is 0 Å². The normalized spacial score (nSPS) is 0. The van der Waals surface area contributed by atoms with Crippen LogP contribution in [0.4, 0.5) is 0 Å². The van der Waals surface area contributed by atoms with E-state index in [0.717, 1.165) is 0 Å². The summed E-state index contributed by atoms with van der Waals surface area (Å²) in [6, 6.07) is 0. The van der Waals surface area contributed by atoms with Crippen LogP contribution in [0.15, 0.2) is 0 Å². The summed E-state index contributed by atoms with van der Waals surface area (Å²) < 4.78 is 0. The molecule has 0 aromatic heterocycles. The second-order valence-corrected chi connectivity index (χ2v) is 0. The summed E-state index contributed by atoms with van der Waals surface area (Å²) >= 11 is 0.